The van der Waals surface area contributed by atoms with Crippen LogP contribution in [0.5, 0.6) is 11.5 Å². The van der Waals surface area contributed by atoms with Crippen molar-refractivity contribution in [1.82, 2.24) is 4.31 Å². The van der Waals surface area contributed by atoms with Crippen molar-refractivity contribution >= 4 is 33.2 Å². The standard InChI is InChI=1S/C21H18ClFN2O4S/c1-25(30(27,28)18-10-8-16(23)9-11-18)14-21(26)24-19-13-15(22)7-12-20(19)29-17-5-3-2-4-6-17/h2-13H,14H2,1H3,(H,24,26). The van der Waals surface area contributed by atoms with Gasteiger partial charge in [-0.2, -0.15) is 4.31 Å². The number of amides is 1. The molecule has 6 nitrogen and oxygen atoms in total. The van der Waals surface area contributed by atoms with Crippen LogP contribution in [0.4, 0.5) is 10.1 Å². The Morgan fingerprint density at radius 3 is 2.40 bits per heavy atom. The number of hydrogen-bond acceptors (Lipinski definition) is 4. The van der Waals surface area contributed by atoms with Crippen molar-refractivity contribution in [3.8, 4) is 11.5 Å². The molecule has 0 saturated heterocycles. The summed E-state index contributed by atoms with van der Waals surface area (Å²) in [6.45, 7) is -0.461. The minimum atomic E-state index is -3.96. The molecule has 1 amide bonds. The fourth-order valence-corrected chi connectivity index (χ4v) is 3.87. The highest BCUT2D eigenvalue weighted by atomic mass is 35.5. The maximum absolute atomic E-state index is 13.1. The van der Waals surface area contributed by atoms with Gasteiger partial charge in [-0.3, -0.25) is 4.79 Å². The molecule has 0 saturated carbocycles. The zero-order valence-electron chi connectivity index (χ0n) is 15.9. The summed E-state index contributed by atoms with van der Waals surface area (Å²) >= 11 is 6.03. The van der Waals surface area contributed by atoms with Gasteiger partial charge in [0.05, 0.1) is 17.1 Å². The van der Waals surface area contributed by atoms with E-state index in [4.69, 9.17) is 16.3 Å². The van der Waals surface area contributed by atoms with E-state index >= 15 is 0 Å². The molecule has 0 heterocycles. The number of nitrogens with one attached hydrogen (secondary N) is 1. The van der Waals surface area contributed by atoms with Gasteiger partial charge in [0, 0.05) is 12.1 Å². The number of para-hydroxylation sites is 1. The number of nitrogens with zero attached hydrogens (tertiary/aromatic N) is 1. The summed E-state index contributed by atoms with van der Waals surface area (Å²) in [6, 6.07) is 18.0. The predicted octanol–water partition coefficient (Wildman–Crippen LogP) is 4.53. The van der Waals surface area contributed by atoms with E-state index in [0.29, 0.717) is 22.2 Å². The van der Waals surface area contributed by atoms with Gasteiger partial charge < -0.3 is 10.1 Å². The second-order valence-corrected chi connectivity index (χ2v) is 8.80. The number of carbonyl (C=O) groups excluding carboxylic acids is 1. The number of halogens is 2. The van der Waals surface area contributed by atoms with E-state index < -0.39 is 28.3 Å². The summed E-state index contributed by atoms with van der Waals surface area (Å²) in [4.78, 5) is 12.4. The smallest absolute Gasteiger partial charge is 0.243 e. The molecular formula is C21H18ClFN2O4S. The molecule has 3 aromatic carbocycles. The first-order chi connectivity index (χ1) is 14.3. The molecule has 0 aliphatic heterocycles. The van der Waals surface area contributed by atoms with E-state index in [1.807, 2.05) is 6.07 Å². The van der Waals surface area contributed by atoms with Crippen molar-refractivity contribution in [1.29, 1.82) is 0 Å². The molecule has 156 valence electrons. The van der Waals surface area contributed by atoms with Gasteiger partial charge in [0.25, 0.3) is 0 Å². The number of hydrogen-bond donors (Lipinski definition) is 1. The summed E-state index contributed by atoms with van der Waals surface area (Å²) in [5.41, 5.74) is 0.295. The molecule has 3 rings (SSSR count). The van der Waals surface area contributed by atoms with Gasteiger partial charge in [-0.1, -0.05) is 29.8 Å². The van der Waals surface area contributed by atoms with Crippen LogP contribution in [0.1, 0.15) is 0 Å². The average Bonchev–Trinajstić information content (AvgIpc) is 2.71. The SMILES string of the molecule is CN(CC(=O)Nc1cc(Cl)ccc1Oc1ccccc1)S(=O)(=O)c1ccc(F)cc1. The first kappa shape index (κ1) is 21.8. The van der Waals surface area contributed by atoms with Crippen molar-refractivity contribution in [3.63, 3.8) is 0 Å². The van der Waals surface area contributed by atoms with E-state index in [9.17, 15) is 17.6 Å². The van der Waals surface area contributed by atoms with E-state index in [0.717, 1.165) is 28.6 Å². The van der Waals surface area contributed by atoms with Crippen LogP contribution in [-0.4, -0.2) is 32.2 Å². The Hall–Kier alpha value is -2.94. The number of likely N-dealkylation sites (N-methyl/N-ethyl adjacent to an activating group) is 1. The quantitative estimate of drug-likeness (QED) is 0.576. The van der Waals surface area contributed by atoms with Crippen LogP contribution in [0.15, 0.2) is 77.7 Å². The van der Waals surface area contributed by atoms with Gasteiger partial charge in [0.15, 0.2) is 5.75 Å². The van der Waals surface area contributed by atoms with Crippen LogP contribution in [0, 0.1) is 5.82 Å². The normalized spacial score (nSPS) is 11.3. The Morgan fingerprint density at radius 1 is 1.07 bits per heavy atom. The summed E-state index contributed by atoms with van der Waals surface area (Å²) in [5, 5.41) is 2.99. The Balaban J connectivity index is 1.74. The van der Waals surface area contributed by atoms with Crippen molar-refractivity contribution in [2.75, 3.05) is 18.9 Å². The van der Waals surface area contributed by atoms with E-state index in [1.54, 1.807) is 36.4 Å². The average molecular weight is 449 g/mol. The zero-order chi connectivity index (χ0) is 21.7. The first-order valence-electron chi connectivity index (χ1n) is 8.80. The number of sulfonamides is 1. The lowest BCUT2D eigenvalue weighted by atomic mass is 10.2. The molecule has 30 heavy (non-hydrogen) atoms. The lowest BCUT2D eigenvalue weighted by Gasteiger charge is -2.18. The van der Waals surface area contributed by atoms with Gasteiger partial charge in [-0.25, -0.2) is 12.8 Å². The number of rotatable bonds is 7. The van der Waals surface area contributed by atoms with Crippen LogP contribution >= 0.6 is 11.6 Å². The highest BCUT2D eigenvalue weighted by Crippen LogP contribution is 2.32. The lowest BCUT2D eigenvalue weighted by Crippen LogP contribution is -2.35. The van der Waals surface area contributed by atoms with Crippen LogP contribution in [0.25, 0.3) is 0 Å². The molecule has 0 aromatic heterocycles. The Kier molecular flexibility index (Phi) is 6.71. The second kappa shape index (κ2) is 9.25. The van der Waals surface area contributed by atoms with Gasteiger partial charge in [-0.15, -0.1) is 0 Å². The number of carbonyl (C=O) groups is 1. The third-order valence-corrected chi connectivity index (χ3v) is 6.13. The van der Waals surface area contributed by atoms with Crippen LogP contribution in [0.2, 0.25) is 5.02 Å². The molecule has 0 spiro atoms. The number of benzene rings is 3. The summed E-state index contributed by atoms with van der Waals surface area (Å²) in [7, 11) is -2.70. The third kappa shape index (κ3) is 5.35. The molecule has 9 heteroatoms. The molecule has 0 bridgehead atoms. The first-order valence-corrected chi connectivity index (χ1v) is 10.6. The van der Waals surface area contributed by atoms with Gasteiger partial charge in [0.1, 0.15) is 11.6 Å². The molecule has 1 N–H and O–H groups in total. The van der Waals surface area contributed by atoms with Crippen molar-refractivity contribution < 1.29 is 22.3 Å². The molecule has 0 unspecified atom stereocenters. The molecule has 3 aromatic rings. The Morgan fingerprint density at radius 2 is 1.73 bits per heavy atom. The molecule has 0 aliphatic rings. The van der Waals surface area contributed by atoms with Gasteiger partial charge in [0.2, 0.25) is 15.9 Å². The Bertz CT molecular complexity index is 1140. The minimum absolute atomic E-state index is 0.116. The van der Waals surface area contributed by atoms with Crippen LogP contribution < -0.4 is 10.1 Å². The van der Waals surface area contributed by atoms with E-state index in [-0.39, 0.29) is 4.90 Å². The third-order valence-electron chi connectivity index (χ3n) is 4.07. The van der Waals surface area contributed by atoms with Crippen molar-refractivity contribution in [2.45, 2.75) is 4.90 Å². The lowest BCUT2D eigenvalue weighted by molar-refractivity contribution is -0.116. The fraction of sp³-hybridized carbons (Fsp3) is 0.0952. The molecule has 0 radical (unpaired) electrons. The minimum Gasteiger partial charge on any atom is -0.455 e. The summed E-state index contributed by atoms with van der Waals surface area (Å²) in [6.07, 6.45) is 0. The van der Waals surface area contributed by atoms with Crippen LogP contribution in [-0.2, 0) is 14.8 Å². The summed E-state index contributed by atoms with van der Waals surface area (Å²) in [5.74, 6) is -0.237. The summed E-state index contributed by atoms with van der Waals surface area (Å²) < 4.78 is 44.9. The zero-order valence-corrected chi connectivity index (χ0v) is 17.5. The Labute approximate surface area is 178 Å². The molecule has 0 fully saturated rings. The topological polar surface area (TPSA) is 75.7 Å². The van der Waals surface area contributed by atoms with E-state index in [1.165, 1.54) is 13.1 Å². The number of anilines is 1. The highest BCUT2D eigenvalue weighted by molar-refractivity contribution is 7.89. The van der Waals surface area contributed by atoms with Crippen molar-refractivity contribution in [3.05, 3.63) is 83.6 Å². The van der Waals surface area contributed by atoms with Crippen molar-refractivity contribution in [2.24, 2.45) is 0 Å². The fourth-order valence-electron chi connectivity index (χ4n) is 2.57. The predicted molar refractivity (Wildman–Crippen MR) is 113 cm³/mol. The maximum Gasteiger partial charge on any atom is 0.243 e. The number of ether oxygens (including phenoxy) is 1. The maximum atomic E-state index is 13.1. The van der Waals surface area contributed by atoms with Crippen LogP contribution in [0.3, 0.4) is 0 Å². The van der Waals surface area contributed by atoms with Gasteiger partial charge >= 0.3 is 0 Å². The largest absolute Gasteiger partial charge is 0.455 e. The molecular weight excluding hydrogens is 431 g/mol. The highest BCUT2D eigenvalue weighted by Gasteiger charge is 2.23. The second-order valence-electron chi connectivity index (χ2n) is 6.32. The monoisotopic (exact) mass is 448 g/mol. The molecule has 0 aliphatic carbocycles. The molecule has 0 atom stereocenters. The van der Waals surface area contributed by atoms with Gasteiger partial charge in [-0.05, 0) is 54.6 Å². The van der Waals surface area contributed by atoms with E-state index in [2.05, 4.69) is 5.32 Å².